The molecule has 158 valence electrons. The molecule has 0 saturated carbocycles. The second-order valence-corrected chi connectivity index (χ2v) is 7.49. The lowest BCUT2D eigenvalue weighted by Crippen LogP contribution is -2.36. The van der Waals surface area contributed by atoms with Crippen LogP contribution in [0.5, 0.6) is 0 Å². The minimum atomic E-state index is -0.916. The first-order chi connectivity index (χ1) is 14.4. The van der Waals surface area contributed by atoms with Crippen molar-refractivity contribution in [3.63, 3.8) is 0 Å². The molecule has 1 aliphatic rings. The summed E-state index contributed by atoms with van der Waals surface area (Å²) in [5, 5.41) is 2.82. The zero-order chi connectivity index (χ0) is 21.5. The Balaban J connectivity index is 1.50. The molecule has 0 bridgehead atoms. The van der Waals surface area contributed by atoms with Gasteiger partial charge in [0, 0.05) is 17.7 Å². The standard InChI is InChI=1S/C24H27NO5/c1-16(26)19-8-10-20(11-9-19)21-12-13-22(30-21)24(28)29-17(2)23(27)25-15-14-18-6-4-3-5-7-18/h6,8-13,17H,3-5,7,14-15H2,1-2H3,(H,25,27)/t17-/m0/s1. The van der Waals surface area contributed by atoms with E-state index in [1.54, 1.807) is 30.3 Å². The molecule has 3 rings (SSSR count). The molecule has 1 aromatic heterocycles. The zero-order valence-electron chi connectivity index (χ0n) is 17.4. The number of esters is 1. The highest BCUT2D eigenvalue weighted by Gasteiger charge is 2.21. The summed E-state index contributed by atoms with van der Waals surface area (Å²) in [6.07, 6.45) is 6.82. The fourth-order valence-corrected chi connectivity index (χ4v) is 3.37. The Morgan fingerprint density at radius 1 is 1.10 bits per heavy atom. The predicted octanol–water partition coefficient (Wildman–Crippen LogP) is 4.70. The van der Waals surface area contributed by atoms with Crippen LogP contribution in [-0.2, 0) is 9.53 Å². The second kappa shape index (κ2) is 10.1. The van der Waals surface area contributed by atoms with Gasteiger partial charge in [-0.1, -0.05) is 35.9 Å². The number of hydrogen-bond acceptors (Lipinski definition) is 5. The molecule has 1 N–H and O–H groups in total. The number of hydrogen-bond donors (Lipinski definition) is 1. The third-order valence-corrected chi connectivity index (χ3v) is 5.17. The maximum atomic E-state index is 12.3. The minimum absolute atomic E-state index is 0.0204. The Kier molecular flexibility index (Phi) is 7.22. The number of allylic oxidation sites excluding steroid dienone is 1. The van der Waals surface area contributed by atoms with E-state index in [9.17, 15) is 14.4 Å². The number of carbonyl (C=O) groups excluding carboxylic acids is 3. The van der Waals surface area contributed by atoms with Gasteiger partial charge < -0.3 is 14.5 Å². The molecule has 6 heteroatoms. The second-order valence-electron chi connectivity index (χ2n) is 7.49. The number of ketones is 1. The van der Waals surface area contributed by atoms with Crippen LogP contribution in [0.25, 0.3) is 11.3 Å². The summed E-state index contributed by atoms with van der Waals surface area (Å²) in [6.45, 7) is 3.58. The van der Waals surface area contributed by atoms with Crippen LogP contribution in [0, 0.1) is 0 Å². The molecule has 6 nitrogen and oxygen atoms in total. The molecular weight excluding hydrogens is 382 g/mol. The van der Waals surface area contributed by atoms with Crippen LogP contribution < -0.4 is 5.32 Å². The Hall–Kier alpha value is -3.15. The van der Waals surface area contributed by atoms with Gasteiger partial charge in [0.25, 0.3) is 5.91 Å². The lowest BCUT2D eigenvalue weighted by molar-refractivity contribution is -0.129. The number of furan rings is 1. The monoisotopic (exact) mass is 409 g/mol. The highest BCUT2D eigenvalue weighted by atomic mass is 16.6. The fourth-order valence-electron chi connectivity index (χ4n) is 3.37. The predicted molar refractivity (Wildman–Crippen MR) is 113 cm³/mol. The van der Waals surface area contributed by atoms with Crippen LogP contribution in [0.3, 0.4) is 0 Å². The highest BCUT2D eigenvalue weighted by molar-refractivity contribution is 5.94. The van der Waals surface area contributed by atoms with Crippen LogP contribution in [0.1, 0.15) is 66.9 Å². The molecule has 0 unspecified atom stereocenters. The average Bonchev–Trinajstić information content (AvgIpc) is 3.25. The van der Waals surface area contributed by atoms with Crippen molar-refractivity contribution in [3.05, 3.63) is 59.4 Å². The van der Waals surface area contributed by atoms with Crippen molar-refractivity contribution in [2.24, 2.45) is 0 Å². The molecule has 30 heavy (non-hydrogen) atoms. The number of nitrogens with one attached hydrogen (secondary N) is 1. The maximum Gasteiger partial charge on any atom is 0.375 e. The molecule has 0 radical (unpaired) electrons. The van der Waals surface area contributed by atoms with E-state index in [2.05, 4.69) is 11.4 Å². The summed E-state index contributed by atoms with van der Waals surface area (Å²) < 4.78 is 10.8. The molecule has 0 saturated heterocycles. The fraction of sp³-hybridized carbons (Fsp3) is 0.375. The van der Waals surface area contributed by atoms with Crippen molar-refractivity contribution < 1.29 is 23.5 Å². The van der Waals surface area contributed by atoms with E-state index in [1.165, 1.54) is 38.3 Å². The first-order valence-electron chi connectivity index (χ1n) is 10.3. The molecule has 0 spiro atoms. The lowest BCUT2D eigenvalue weighted by Gasteiger charge is -2.15. The number of rotatable bonds is 8. The van der Waals surface area contributed by atoms with Gasteiger partial charge in [0.2, 0.25) is 5.76 Å². The van der Waals surface area contributed by atoms with E-state index in [1.807, 2.05) is 0 Å². The average molecular weight is 409 g/mol. The summed E-state index contributed by atoms with van der Waals surface area (Å²) in [6, 6.07) is 10.1. The van der Waals surface area contributed by atoms with Gasteiger partial charge in [-0.05, 0) is 58.1 Å². The van der Waals surface area contributed by atoms with Gasteiger partial charge >= 0.3 is 5.97 Å². The maximum absolute atomic E-state index is 12.3. The first-order valence-corrected chi connectivity index (χ1v) is 10.3. The van der Waals surface area contributed by atoms with Gasteiger partial charge in [-0.25, -0.2) is 4.79 Å². The summed E-state index contributed by atoms with van der Waals surface area (Å²) >= 11 is 0. The van der Waals surface area contributed by atoms with Crippen LogP contribution in [0.2, 0.25) is 0 Å². The number of amides is 1. The third-order valence-electron chi connectivity index (χ3n) is 5.17. The van der Waals surface area contributed by atoms with Gasteiger partial charge in [0.1, 0.15) is 5.76 Å². The Labute approximate surface area is 176 Å². The molecular formula is C24H27NO5. The summed E-state index contributed by atoms with van der Waals surface area (Å²) in [4.78, 5) is 35.9. The van der Waals surface area contributed by atoms with E-state index >= 15 is 0 Å². The normalized spacial score (nSPS) is 14.5. The quantitative estimate of drug-likeness (QED) is 0.388. The minimum Gasteiger partial charge on any atom is -0.449 e. The van der Waals surface area contributed by atoms with Crippen LogP contribution >= 0.6 is 0 Å². The van der Waals surface area contributed by atoms with Gasteiger partial charge in [-0.3, -0.25) is 9.59 Å². The van der Waals surface area contributed by atoms with E-state index in [0.717, 1.165) is 24.8 Å². The largest absolute Gasteiger partial charge is 0.449 e. The van der Waals surface area contributed by atoms with Crippen molar-refractivity contribution in [3.8, 4) is 11.3 Å². The van der Waals surface area contributed by atoms with Gasteiger partial charge in [0.15, 0.2) is 11.9 Å². The molecule has 1 heterocycles. The first kappa shape index (κ1) is 21.6. The van der Waals surface area contributed by atoms with Gasteiger partial charge in [-0.15, -0.1) is 0 Å². The number of ether oxygens (including phenoxy) is 1. The number of benzene rings is 1. The smallest absolute Gasteiger partial charge is 0.375 e. The number of carbonyl (C=O) groups is 3. The van der Waals surface area contributed by atoms with Crippen molar-refractivity contribution in [1.29, 1.82) is 0 Å². The Morgan fingerprint density at radius 3 is 2.53 bits per heavy atom. The molecule has 1 aromatic carbocycles. The van der Waals surface area contributed by atoms with E-state index in [0.29, 0.717) is 17.9 Å². The summed E-state index contributed by atoms with van der Waals surface area (Å²) in [5.41, 5.74) is 2.72. The van der Waals surface area contributed by atoms with Crippen LogP contribution in [-0.4, -0.2) is 30.3 Å². The third kappa shape index (κ3) is 5.69. The van der Waals surface area contributed by atoms with Crippen molar-refractivity contribution in [2.45, 2.75) is 52.1 Å². The topological polar surface area (TPSA) is 85.6 Å². The van der Waals surface area contributed by atoms with E-state index in [-0.39, 0.29) is 17.5 Å². The van der Waals surface area contributed by atoms with Crippen molar-refractivity contribution >= 4 is 17.7 Å². The van der Waals surface area contributed by atoms with E-state index in [4.69, 9.17) is 9.15 Å². The molecule has 0 aliphatic heterocycles. The highest BCUT2D eigenvalue weighted by Crippen LogP contribution is 2.23. The number of Topliss-reactive ketones (excluding diaryl/α,β-unsaturated/α-hetero) is 1. The molecule has 0 fully saturated rings. The summed E-state index contributed by atoms with van der Waals surface area (Å²) in [7, 11) is 0. The van der Waals surface area contributed by atoms with Crippen LogP contribution in [0.4, 0.5) is 0 Å². The van der Waals surface area contributed by atoms with Gasteiger partial charge in [0.05, 0.1) is 0 Å². The molecule has 2 aromatic rings. The van der Waals surface area contributed by atoms with E-state index < -0.39 is 12.1 Å². The van der Waals surface area contributed by atoms with Crippen LogP contribution in [0.15, 0.2) is 52.5 Å². The van der Waals surface area contributed by atoms with Crippen molar-refractivity contribution in [1.82, 2.24) is 5.32 Å². The Bertz CT molecular complexity index is 939. The SMILES string of the molecule is CC(=O)c1ccc(-c2ccc(C(=O)O[C@@H](C)C(=O)NCCC3=CCCCC3)o2)cc1. The van der Waals surface area contributed by atoms with Crippen molar-refractivity contribution in [2.75, 3.05) is 6.54 Å². The molecule has 1 aliphatic carbocycles. The summed E-state index contributed by atoms with van der Waals surface area (Å²) in [5.74, 6) is -0.541. The van der Waals surface area contributed by atoms with Gasteiger partial charge in [-0.2, -0.15) is 0 Å². The Morgan fingerprint density at radius 2 is 1.87 bits per heavy atom. The molecule has 1 atom stereocenters. The lowest BCUT2D eigenvalue weighted by atomic mass is 9.97. The zero-order valence-corrected chi connectivity index (χ0v) is 17.4. The molecule has 1 amide bonds.